The molecule has 0 saturated carbocycles. The lowest BCUT2D eigenvalue weighted by molar-refractivity contribution is -0.154. The van der Waals surface area contributed by atoms with E-state index in [9.17, 15) is 37.5 Å². The smallest absolute Gasteiger partial charge is 0.407 e. The number of aromatic hydroxyl groups is 1. The number of carbonyl (C=O) groups excluding carboxylic acids is 5. The van der Waals surface area contributed by atoms with Crippen LogP contribution in [0, 0.1) is 0 Å². The molecule has 1 saturated heterocycles. The molecule has 2 aliphatic rings. The number of aromatic nitrogens is 1. The molecule has 1 aromatic heterocycles. The average molecular weight is 1050 g/mol. The first kappa shape index (κ1) is 53.4. The van der Waals surface area contributed by atoms with E-state index in [-0.39, 0.29) is 34.8 Å². The van der Waals surface area contributed by atoms with Gasteiger partial charge in [0.15, 0.2) is 10.8 Å². The number of hydrogen-bond donors (Lipinski definition) is 5. The fourth-order valence-corrected chi connectivity index (χ4v) is 10.8. The first-order chi connectivity index (χ1) is 34.6. The summed E-state index contributed by atoms with van der Waals surface area (Å²) in [6, 6.07) is 32.0. The second-order valence-electron chi connectivity index (χ2n) is 18.6. The number of anilines is 2. The minimum absolute atomic E-state index is 0.162. The standard InChI is InChI=1S/C51H55N7O12S3/c1-49(2,3)69-46(63)41-32(29-68-45(62)31-23-24-36(38(59)27-31)57-73(65,66)26-25-52-48(64)70-50(4,5)6)28-58-43(61)40(44(58)72-41)54-42(60)39(56-67-7)37-30-71-47(53-37)55-51(33-17-11-8-12-18-33,34-19-13-9-14-20-34)35-21-15-10-16-22-35/h8-24,27-28,30,40-41,44,57,59H,25-26,29H2,1-7H3,(H,52,64)(H,53,55)(H,54,60)/t40?,41?,44-/m1/s1. The highest BCUT2D eigenvalue weighted by Gasteiger charge is 2.54. The number of benzene rings is 4. The second-order valence-corrected chi connectivity index (χ2v) is 22.6. The molecule has 19 nitrogen and oxygen atoms in total. The predicted molar refractivity (Wildman–Crippen MR) is 276 cm³/mol. The van der Waals surface area contributed by atoms with Gasteiger partial charge in [-0.15, -0.1) is 23.1 Å². The van der Waals surface area contributed by atoms with Crippen molar-refractivity contribution in [3.8, 4) is 5.75 Å². The highest BCUT2D eigenvalue weighted by Crippen LogP contribution is 2.43. The number of carbonyl (C=O) groups is 5. The van der Waals surface area contributed by atoms with Gasteiger partial charge in [-0.25, -0.2) is 23.0 Å². The van der Waals surface area contributed by atoms with Crippen molar-refractivity contribution in [2.75, 3.05) is 36.1 Å². The zero-order valence-corrected chi connectivity index (χ0v) is 43.4. The quantitative estimate of drug-likeness (QED) is 0.0116. The largest absolute Gasteiger partial charge is 0.506 e. The summed E-state index contributed by atoms with van der Waals surface area (Å²) in [4.78, 5) is 78.1. The van der Waals surface area contributed by atoms with E-state index in [1.54, 1.807) is 46.9 Å². The molecule has 73 heavy (non-hydrogen) atoms. The van der Waals surface area contributed by atoms with Crippen LogP contribution in [-0.4, -0.2) is 113 Å². The molecule has 4 aromatic carbocycles. The van der Waals surface area contributed by atoms with Crippen molar-refractivity contribution in [1.82, 2.24) is 20.5 Å². The van der Waals surface area contributed by atoms with Crippen LogP contribution < -0.4 is 20.7 Å². The van der Waals surface area contributed by atoms with E-state index in [0.29, 0.717) is 5.13 Å². The lowest BCUT2D eigenvalue weighted by Crippen LogP contribution is -2.70. The number of β-lactam (4-membered cyclic amide) rings is 1. The molecular formula is C51H55N7O12S3. The normalized spacial score (nSPS) is 16.9. The number of rotatable bonds is 18. The van der Waals surface area contributed by atoms with E-state index in [0.717, 1.165) is 40.6 Å². The fourth-order valence-electron chi connectivity index (χ4n) is 7.73. The Labute approximate surface area is 430 Å². The Hall–Kier alpha value is -7.43. The van der Waals surface area contributed by atoms with Crippen LogP contribution in [0.15, 0.2) is 132 Å². The maximum atomic E-state index is 14.1. The molecule has 384 valence electrons. The van der Waals surface area contributed by atoms with E-state index in [2.05, 4.69) is 25.8 Å². The van der Waals surface area contributed by atoms with Crippen LogP contribution >= 0.6 is 23.1 Å². The summed E-state index contributed by atoms with van der Waals surface area (Å²) >= 11 is 2.26. The Balaban J connectivity index is 1.04. The molecule has 2 unspecified atom stereocenters. The molecule has 0 spiro atoms. The number of nitrogens with one attached hydrogen (secondary N) is 4. The fraction of sp³-hybridized carbons (Fsp3) is 0.314. The minimum Gasteiger partial charge on any atom is -0.506 e. The lowest BCUT2D eigenvalue weighted by Gasteiger charge is -2.49. The Morgan fingerprint density at radius 1 is 0.836 bits per heavy atom. The number of phenolic OH excluding ortho intramolecular Hbond substituents is 1. The van der Waals surface area contributed by atoms with Crippen molar-refractivity contribution in [2.24, 2.45) is 5.16 Å². The summed E-state index contributed by atoms with van der Waals surface area (Å²) in [5.41, 5.74) is -0.0661. The molecule has 0 bridgehead atoms. The maximum Gasteiger partial charge on any atom is 0.407 e. The Morgan fingerprint density at radius 3 is 1.97 bits per heavy atom. The number of nitrogens with zero attached hydrogens (tertiary/aromatic N) is 3. The summed E-state index contributed by atoms with van der Waals surface area (Å²) < 4.78 is 44.0. The Morgan fingerprint density at radius 2 is 1.42 bits per heavy atom. The van der Waals surface area contributed by atoms with Gasteiger partial charge in [0.25, 0.3) is 11.8 Å². The molecule has 5 N–H and O–H groups in total. The topological polar surface area (TPSA) is 253 Å². The van der Waals surface area contributed by atoms with E-state index >= 15 is 0 Å². The van der Waals surface area contributed by atoms with Gasteiger partial charge in [-0.05, 0) is 76.4 Å². The van der Waals surface area contributed by atoms with Gasteiger partial charge < -0.3 is 45.0 Å². The third-order valence-corrected chi connectivity index (χ3v) is 14.4. The third-order valence-electron chi connectivity index (χ3n) is 10.9. The number of amides is 3. The summed E-state index contributed by atoms with van der Waals surface area (Å²) in [7, 11) is -2.79. The molecule has 1 fully saturated rings. The number of sulfonamides is 1. The summed E-state index contributed by atoms with van der Waals surface area (Å²) in [6.45, 7) is 9.25. The number of ether oxygens (including phenoxy) is 3. The van der Waals surface area contributed by atoms with Crippen LogP contribution in [0.1, 0.15) is 74.3 Å². The zero-order valence-electron chi connectivity index (χ0n) is 40.9. The number of oxime groups is 1. The first-order valence-electron chi connectivity index (χ1n) is 22.8. The first-order valence-corrected chi connectivity index (χ1v) is 26.3. The number of phenols is 1. The SMILES string of the molecule is CON=C(C(=O)NC1C(=O)N2C=C(COC(=O)c3ccc(NS(=O)(=O)CCNC(=O)OC(C)(C)C)c(O)c3)C(C(=O)OC(C)(C)C)S[C@H]12)c1csc(NC(c2ccccc2)(c2ccccc2)c2ccccc2)n1. The van der Waals surface area contributed by atoms with Gasteiger partial charge in [0, 0.05) is 23.7 Å². The van der Waals surface area contributed by atoms with Crippen LogP contribution in [0.5, 0.6) is 5.75 Å². The van der Waals surface area contributed by atoms with Gasteiger partial charge >= 0.3 is 18.0 Å². The zero-order chi connectivity index (χ0) is 52.7. The molecule has 7 rings (SSSR count). The molecule has 0 aliphatic carbocycles. The van der Waals surface area contributed by atoms with Crippen LogP contribution in [0.25, 0.3) is 0 Å². The molecule has 3 atom stereocenters. The van der Waals surface area contributed by atoms with Gasteiger partial charge in [0.1, 0.15) is 58.6 Å². The number of esters is 2. The van der Waals surface area contributed by atoms with Crippen LogP contribution in [-0.2, 0) is 49.0 Å². The number of alkyl carbamates (subject to hydrolysis) is 1. The van der Waals surface area contributed by atoms with Gasteiger partial charge in [0.05, 0.1) is 17.0 Å². The van der Waals surface area contributed by atoms with Crippen LogP contribution in [0.2, 0.25) is 0 Å². The highest BCUT2D eigenvalue weighted by atomic mass is 32.2. The summed E-state index contributed by atoms with van der Waals surface area (Å²) in [6.07, 6.45) is 0.577. The minimum atomic E-state index is -4.07. The average Bonchev–Trinajstić information content (AvgIpc) is 3.81. The van der Waals surface area contributed by atoms with Crippen molar-refractivity contribution in [2.45, 2.75) is 74.9 Å². The molecule has 22 heteroatoms. The van der Waals surface area contributed by atoms with E-state index in [1.807, 2.05) is 91.0 Å². The van der Waals surface area contributed by atoms with E-state index in [1.165, 1.54) is 35.6 Å². The van der Waals surface area contributed by atoms with Crippen molar-refractivity contribution in [3.05, 3.63) is 154 Å². The van der Waals surface area contributed by atoms with Gasteiger partial charge in [0.2, 0.25) is 10.0 Å². The van der Waals surface area contributed by atoms with Crippen molar-refractivity contribution in [3.63, 3.8) is 0 Å². The number of thioether (sulfide) groups is 1. The number of hydrogen-bond acceptors (Lipinski definition) is 17. The van der Waals surface area contributed by atoms with Crippen molar-refractivity contribution >= 4 is 79.5 Å². The van der Waals surface area contributed by atoms with Gasteiger partial charge in [-0.1, -0.05) is 96.2 Å². The van der Waals surface area contributed by atoms with Crippen molar-refractivity contribution < 1.29 is 56.5 Å². The molecule has 5 aromatic rings. The van der Waals surface area contributed by atoms with Crippen LogP contribution in [0.4, 0.5) is 15.6 Å². The Bertz CT molecular complexity index is 2920. The van der Waals surface area contributed by atoms with E-state index in [4.69, 9.17) is 24.0 Å². The molecule has 2 aliphatic heterocycles. The van der Waals surface area contributed by atoms with Crippen LogP contribution in [0.3, 0.4) is 0 Å². The second kappa shape index (κ2) is 22.1. The van der Waals surface area contributed by atoms with Gasteiger partial charge in [-0.2, -0.15) is 0 Å². The highest BCUT2D eigenvalue weighted by molar-refractivity contribution is 8.01. The molecule has 3 heterocycles. The summed E-state index contributed by atoms with van der Waals surface area (Å²) in [5.74, 6) is -4.09. The lowest BCUT2D eigenvalue weighted by atomic mass is 9.77. The van der Waals surface area contributed by atoms with E-state index < -0.39 is 91.4 Å². The van der Waals surface area contributed by atoms with Crippen molar-refractivity contribution in [1.29, 1.82) is 0 Å². The Kier molecular flexibility index (Phi) is 16.2. The predicted octanol–water partition coefficient (Wildman–Crippen LogP) is 6.72. The number of fused-ring (bicyclic) bond motifs is 1. The molecule has 0 radical (unpaired) electrons. The molecule has 3 amide bonds. The number of thiazole rings is 1. The monoisotopic (exact) mass is 1050 g/mol. The third kappa shape index (κ3) is 13.0. The maximum absolute atomic E-state index is 14.1. The molecular weight excluding hydrogens is 999 g/mol. The summed E-state index contributed by atoms with van der Waals surface area (Å²) in [5, 5.41) is 23.7. The van der Waals surface area contributed by atoms with Gasteiger partial charge in [-0.3, -0.25) is 19.1 Å².